The van der Waals surface area contributed by atoms with E-state index in [-0.39, 0.29) is 11.7 Å². The van der Waals surface area contributed by atoms with E-state index in [0.717, 1.165) is 42.7 Å². The number of benzene rings is 1. The fraction of sp³-hybridized carbons (Fsp3) is 0.286. The van der Waals surface area contributed by atoms with Gasteiger partial charge in [-0.1, -0.05) is 0 Å². The van der Waals surface area contributed by atoms with Crippen molar-refractivity contribution in [3.8, 4) is 5.69 Å². The van der Waals surface area contributed by atoms with E-state index in [9.17, 15) is 8.78 Å². The summed E-state index contributed by atoms with van der Waals surface area (Å²) in [6.07, 6.45) is 4.55. The molecule has 1 atom stereocenters. The van der Waals surface area contributed by atoms with E-state index in [2.05, 4.69) is 0 Å². The molecule has 0 fully saturated rings. The second-order valence-corrected chi connectivity index (χ2v) is 4.68. The molecule has 0 amide bonds. The van der Waals surface area contributed by atoms with Crippen LogP contribution >= 0.6 is 0 Å². The summed E-state index contributed by atoms with van der Waals surface area (Å²) in [4.78, 5) is 0. The minimum Gasteiger partial charge on any atom is -0.324 e. The summed E-state index contributed by atoms with van der Waals surface area (Å²) in [5.41, 5.74) is 8.32. The van der Waals surface area contributed by atoms with Crippen LogP contribution in [0.5, 0.6) is 0 Å². The lowest BCUT2D eigenvalue weighted by molar-refractivity contribution is 0.553. The summed E-state index contributed by atoms with van der Waals surface area (Å²) in [6, 6.07) is 5.41. The first-order valence-electron chi connectivity index (χ1n) is 6.08. The minimum absolute atomic E-state index is 0.00613. The molecule has 1 aromatic carbocycles. The largest absolute Gasteiger partial charge is 0.324 e. The van der Waals surface area contributed by atoms with Gasteiger partial charge < -0.3 is 10.3 Å². The molecule has 2 N–H and O–H groups in total. The molecule has 3 rings (SSSR count). The summed E-state index contributed by atoms with van der Waals surface area (Å²) in [5, 5.41) is 0. The zero-order chi connectivity index (χ0) is 12.7. The highest BCUT2D eigenvalue weighted by Gasteiger charge is 2.21. The topological polar surface area (TPSA) is 30.9 Å². The van der Waals surface area contributed by atoms with Crippen LogP contribution in [0.25, 0.3) is 5.69 Å². The molecule has 0 aliphatic heterocycles. The molecule has 0 saturated heterocycles. The highest BCUT2D eigenvalue weighted by Crippen LogP contribution is 2.31. The van der Waals surface area contributed by atoms with Crippen molar-refractivity contribution in [3.63, 3.8) is 0 Å². The van der Waals surface area contributed by atoms with Gasteiger partial charge in [0.15, 0.2) is 0 Å². The number of nitrogens with two attached hydrogens (primary N) is 1. The summed E-state index contributed by atoms with van der Waals surface area (Å²) < 4.78 is 28.7. The third kappa shape index (κ3) is 1.73. The van der Waals surface area contributed by atoms with Gasteiger partial charge in [-0.25, -0.2) is 8.78 Å². The molecule has 1 heterocycles. The summed E-state index contributed by atoms with van der Waals surface area (Å²) in [5.74, 6) is -0.858. The van der Waals surface area contributed by atoms with E-state index < -0.39 is 11.6 Å². The number of halogens is 2. The average Bonchev–Trinajstić information content (AvgIpc) is 2.77. The minimum atomic E-state index is -0.436. The second kappa shape index (κ2) is 4.21. The van der Waals surface area contributed by atoms with Crippen LogP contribution in [0.4, 0.5) is 8.78 Å². The number of nitrogens with zero attached hydrogens (tertiary/aromatic N) is 1. The molecule has 1 aliphatic carbocycles. The van der Waals surface area contributed by atoms with Crippen molar-refractivity contribution in [2.24, 2.45) is 5.73 Å². The molecule has 1 unspecified atom stereocenters. The molecule has 0 radical (unpaired) electrons. The SMILES string of the molecule is NC1CCCc2c1ccn2-c1cc(F)ccc1F. The van der Waals surface area contributed by atoms with Crippen LogP contribution in [0.2, 0.25) is 0 Å². The molecule has 18 heavy (non-hydrogen) atoms. The standard InChI is InChI=1S/C14H14F2N2/c15-9-4-5-11(16)14(8-9)18-7-6-10-12(17)2-1-3-13(10)18/h4-8,12H,1-3,17H2. The zero-order valence-electron chi connectivity index (χ0n) is 9.87. The Morgan fingerprint density at radius 1 is 1.22 bits per heavy atom. The van der Waals surface area contributed by atoms with Gasteiger partial charge in [0.2, 0.25) is 0 Å². The van der Waals surface area contributed by atoms with Crippen molar-refractivity contribution in [1.29, 1.82) is 0 Å². The Bertz CT molecular complexity index is 589. The molecule has 2 nitrogen and oxygen atoms in total. The lowest BCUT2D eigenvalue weighted by Crippen LogP contribution is -2.18. The van der Waals surface area contributed by atoms with Gasteiger partial charge in [0.1, 0.15) is 11.6 Å². The van der Waals surface area contributed by atoms with Crippen LogP contribution in [-0.4, -0.2) is 4.57 Å². The number of fused-ring (bicyclic) bond motifs is 1. The first kappa shape index (κ1) is 11.4. The third-order valence-electron chi connectivity index (χ3n) is 3.52. The lowest BCUT2D eigenvalue weighted by Gasteiger charge is -2.21. The quantitative estimate of drug-likeness (QED) is 0.826. The molecule has 94 valence electrons. The second-order valence-electron chi connectivity index (χ2n) is 4.68. The average molecular weight is 248 g/mol. The monoisotopic (exact) mass is 248 g/mol. The molecule has 1 aliphatic rings. The molecule has 0 spiro atoms. The van der Waals surface area contributed by atoms with Gasteiger partial charge in [0.05, 0.1) is 5.69 Å². The molecule has 4 heteroatoms. The molecular formula is C14H14F2N2. The van der Waals surface area contributed by atoms with Gasteiger partial charge in [-0.2, -0.15) is 0 Å². The van der Waals surface area contributed by atoms with E-state index >= 15 is 0 Å². The van der Waals surface area contributed by atoms with Crippen molar-refractivity contribution in [2.45, 2.75) is 25.3 Å². The van der Waals surface area contributed by atoms with Crippen molar-refractivity contribution in [1.82, 2.24) is 4.57 Å². The zero-order valence-corrected chi connectivity index (χ0v) is 9.87. The van der Waals surface area contributed by atoms with Gasteiger partial charge in [-0.05, 0) is 43.0 Å². The van der Waals surface area contributed by atoms with E-state index in [0.29, 0.717) is 0 Å². The van der Waals surface area contributed by atoms with E-state index in [1.807, 2.05) is 6.07 Å². The van der Waals surface area contributed by atoms with Crippen LogP contribution in [-0.2, 0) is 6.42 Å². The predicted molar refractivity (Wildman–Crippen MR) is 65.6 cm³/mol. The van der Waals surface area contributed by atoms with Crippen molar-refractivity contribution in [3.05, 3.63) is 53.4 Å². The Morgan fingerprint density at radius 2 is 2.06 bits per heavy atom. The van der Waals surface area contributed by atoms with Crippen molar-refractivity contribution in [2.75, 3.05) is 0 Å². The number of hydrogen-bond acceptors (Lipinski definition) is 1. The fourth-order valence-corrected chi connectivity index (χ4v) is 2.62. The Kier molecular flexibility index (Phi) is 2.67. The number of hydrogen-bond donors (Lipinski definition) is 1. The van der Waals surface area contributed by atoms with Crippen LogP contribution < -0.4 is 5.73 Å². The highest BCUT2D eigenvalue weighted by atomic mass is 19.1. The van der Waals surface area contributed by atoms with Gasteiger partial charge in [-0.15, -0.1) is 0 Å². The van der Waals surface area contributed by atoms with E-state index in [4.69, 9.17) is 5.73 Å². The maximum absolute atomic E-state index is 13.8. The Hall–Kier alpha value is -1.68. The van der Waals surface area contributed by atoms with Crippen LogP contribution in [0.15, 0.2) is 30.5 Å². The summed E-state index contributed by atoms with van der Waals surface area (Å²) >= 11 is 0. The maximum Gasteiger partial charge on any atom is 0.147 e. The lowest BCUT2D eigenvalue weighted by atomic mass is 9.93. The number of aromatic nitrogens is 1. The number of rotatable bonds is 1. The predicted octanol–water partition coefficient (Wildman–Crippen LogP) is 3.09. The summed E-state index contributed by atoms with van der Waals surface area (Å²) in [7, 11) is 0. The third-order valence-corrected chi connectivity index (χ3v) is 3.52. The first-order chi connectivity index (χ1) is 8.66. The van der Waals surface area contributed by atoms with E-state index in [1.54, 1.807) is 10.8 Å². The fourth-order valence-electron chi connectivity index (χ4n) is 2.62. The van der Waals surface area contributed by atoms with Gasteiger partial charge >= 0.3 is 0 Å². The molecule has 2 aromatic rings. The normalized spacial score (nSPS) is 18.7. The van der Waals surface area contributed by atoms with Crippen LogP contribution in [0.3, 0.4) is 0 Å². The van der Waals surface area contributed by atoms with Gasteiger partial charge in [0.25, 0.3) is 0 Å². The smallest absolute Gasteiger partial charge is 0.147 e. The van der Waals surface area contributed by atoms with Crippen molar-refractivity contribution < 1.29 is 8.78 Å². The highest BCUT2D eigenvalue weighted by molar-refractivity contribution is 5.41. The van der Waals surface area contributed by atoms with Crippen LogP contribution in [0.1, 0.15) is 30.1 Å². The molecular weight excluding hydrogens is 234 g/mol. The van der Waals surface area contributed by atoms with Gasteiger partial charge in [0, 0.05) is 24.0 Å². The summed E-state index contributed by atoms with van der Waals surface area (Å²) in [6.45, 7) is 0. The first-order valence-corrected chi connectivity index (χ1v) is 6.08. The van der Waals surface area contributed by atoms with E-state index in [1.165, 1.54) is 6.07 Å². The Balaban J connectivity index is 2.15. The van der Waals surface area contributed by atoms with Crippen LogP contribution in [0, 0.1) is 11.6 Å². The molecule has 0 saturated carbocycles. The maximum atomic E-state index is 13.8. The van der Waals surface area contributed by atoms with Crippen molar-refractivity contribution >= 4 is 0 Å². The molecule has 0 bridgehead atoms. The Labute approximate surface area is 104 Å². The Morgan fingerprint density at radius 3 is 2.89 bits per heavy atom. The van der Waals surface area contributed by atoms with Gasteiger partial charge in [-0.3, -0.25) is 0 Å². The molecule has 1 aromatic heterocycles.